The van der Waals surface area contributed by atoms with E-state index in [2.05, 4.69) is 15.4 Å². The molecule has 0 atom stereocenters. The Labute approximate surface area is 90.8 Å². The number of nitrogens with zero attached hydrogens (tertiary/aromatic N) is 5. The molecule has 16 heavy (non-hydrogen) atoms. The highest BCUT2D eigenvalue weighted by Crippen LogP contribution is 2.06. The molecule has 0 aromatic carbocycles. The molecule has 8 heteroatoms. The molecule has 0 radical (unpaired) electrons. The van der Waals surface area contributed by atoms with Crippen molar-refractivity contribution < 1.29 is 4.79 Å². The first-order valence-corrected chi connectivity index (χ1v) is 4.57. The van der Waals surface area contributed by atoms with Crippen LogP contribution in [0.5, 0.6) is 0 Å². The summed E-state index contributed by atoms with van der Waals surface area (Å²) in [6.45, 7) is 1.75. The van der Waals surface area contributed by atoms with Crippen LogP contribution in [0.15, 0.2) is 12.4 Å². The quantitative estimate of drug-likeness (QED) is 0.691. The Kier molecular flexibility index (Phi) is 2.31. The highest BCUT2D eigenvalue weighted by atomic mass is 16.2. The Hall–Kier alpha value is -2.38. The van der Waals surface area contributed by atoms with Crippen LogP contribution in [0.25, 0.3) is 0 Å². The normalized spacial score (nSPS) is 10.6. The van der Waals surface area contributed by atoms with Crippen LogP contribution < -0.4 is 11.5 Å². The van der Waals surface area contributed by atoms with E-state index in [9.17, 15) is 4.79 Å². The fourth-order valence-electron chi connectivity index (χ4n) is 1.20. The van der Waals surface area contributed by atoms with E-state index in [4.69, 9.17) is 11.5 Å². The Morgan fingerprint density at radius 1 is 1.44 bits per heavy atom. The van der Waals surface area contributed by atoms with Crippen molar-refractivity contribution in [2.24, 2.45) is 0 Å². The van der Waals surface area contributed by atoms with Gasteiger partial charge in [0.2, 0.25) is 0 Å². The van der Waals surface area contributed by atoms with Crippen molar-refractivity contribution in [2.75, 3.05) is 11.5 Å². The number of carbonyl (C=O) groups is 1. The van der Waals surface area contributed by atoms with Crippen LogP contribution in [0.2, 0.25) is 0 Å². The first kappa shape index (κ1) is 10.1. The van der Waals surface area contributed by atoms with Crippen LogP contribution in [0.4, 0.5) is 11.5 Å². The second kappa shape index (κ2) is 3.65. The molecule has 0 unspecified atom stereocenters. The molecule has 2 rings (SSSR count). The molecule has 2 heterocycles. The lowest BCUT2D eigenvalue weighted by atomic mass is 10.4. The van der Waals surface area contributed by atoms with Crippen molar-refractivity contribution in [1.82, 2.24) is 24.8 Å². The first-order chi connectivity index (χ1) is 7.56. The molecule has 2 aromatic heterocycles. The largest absolute Gasteiger partial charge is 0.396 e. The van der Waals surface area contributed by atoms with Crippen molar-refractivity contribution in [1.29, 1.82) is 0 Å². The number of aromatic nitrogens is 5. The topological polar surface area (TPSA) is 118 Å². The van der Waals surface area contributed by atoms with E-state index >= 15 is 0 Å². The number of anilines is 2. The molecule has 0 spiro atoms. The van der Waals surface area contributed by atoms with Gasteiger partial charge in [0.25, 0.3) is 5.91 Å². The Bertz CT molecular complexity index is 507. The summed E-state index contributed by atoms with van der Waals surface area (Å²) in [6, 6.07) is 0. The van der Waals surface area contributed by atoms with Gasteiger partial charge in [0.05, 0.1) is 23.8 Å². The zero-order chi connectivity index (χ0) is 11.7. The maximum Gasteiger partial charge on any atom is 0.268 e. The summed E-state index contributed by atoms with van der Waals surface area (Å²) >= 11 is 0. The van der Waals surface area contributed by atoms with Crippen molar-refractivity contribution in [3.05, 3.63) is 18.1 Å². The van der Waals surface area contributed by atoms with Gasteiger partial charge in [0.15, 0.2) is 5.82 Å². The van der Waals surface area contributed by atoms with Crippen LogP contribution in [0.3, 0.4) is 0 Å². The highest BCUT2D eigenvalue weighted by molar-refractivity contribution is 5.78. The molecule has 0 amide bonds. The minimum Gasteiger partial charge on any atom is -0.396 e. The van der Waals surface area contributed by atoms with Gasteiger partial charge in [-0.2, -0.15) is 5.10 Å². The molecular formula is C8H11N7O. The van der Waals surface area contributed by atoms with Crippen LogP contribution in [-0.4, -0.2) is 30.7 Å². The standard InChI is InChI=1S/C8H11N7O/c1-5-6(9)2-15(12-5)8(16)4-14-3-7(10)11-13-14/h2-3H,4,9-10H2,1H3. The van der Waals surface area contributed by atoms with Gasteiger partial charge < -0.3 is 11.5 Å². The summed E-state index contributed by atoms with van der Waals surface area (Å²) in [7, 11) is 0. The summed E-state index contributed by atoms with van der Waals surface area (Å²) in [4.78, 5) is 11.7. The number of nitrogens with two attached hydrogens (primary N) is 2. The summed E-state index contributed by atoms with van der Waals surface area (Å²) in [5.41, 5.74) is 12.1. The molecule has 0 bridgehead atoms. The van der Waals surface area contributed by atoms with Gasteiger partial charge in [-0.15, -0.1) is 5.10 Å². The average molecular weight is 221 g/mol. The predicted molar refractivity (Wildman–Crippen MR) is 56.4 cm³/mol. The van der Waals surface area contributed by atoms with Gasteiger partial charge in [-0.1, -0.05) is 5.21 Å². The second-order valence-electron chi connectivity index (χ2n) is 3.35. The maximum atomic E-state index is 11.7. The fourth-order valence-corrected chi connectivity index (χ4v) is 1.20. The van der Waals surface area contributed by atoms with Crippen molar-refractivity contribution in [3.63, 3.8) is 0 Å². The average Bonchev–Trinajstić information content (AvgIpc) is 2.75. The third-order valence-electron chi connectivity index (χ3n) is 2.05. The Morgan fingerprint density at radius 2 is 2.19 bits per heavy atom. The summed E-state index contributed by atoms with van der Waals surface area (Å²) in [5, 5.41) is 11.2. The van der Waals surface area contributed by atoms with E-state index in [-0.39, 0.29) is 18.3 Å². The fraction of sp³-hybridized carbons (Fsp3) is 0.250. The smallest absolute Gasteiger partial charge is 0.268 e. The number of nitrogen functional groups attached to an aromatic ring is 2. The molecule has 0 aliphatic rings. The lowest BCUT2D eigenvalue weighted by Gasteiger charge is -1.98. The monoisotopic (exact) mass is 221 g/mol. The predicted octanol–water partition coefficient (Wildman–Crippen LogP) is -0.712. The van der Waals surface area contributed by atoms with Gasteiger partial charge in [-0.3, -0.25) is 4.79 Å². The van der Waals surface area contributed by atoms with Crippen molar-refractivity contribution in [2.45, 2.75) is 13.5 Å². The number of hydrogen-bond donors (Lipinski definition) is 2. The molecule has 84 valence electrons. The van der Waals surface area contributed by atoms with E-state index in [1.807, 2.05) is 0 Å². The second-order valence-corrected chi connectivity index (χ2v) is 3.35. The molecule has 0 saturated heterocycles. The minimum absolute atomic E-state index is 0.0186. The van der Waals surface area contributed by atoms with Gasteiger partial charge in [-0.05, 0) is 6.92 Å². The lowest BCUT2D eigenvalue weighted by Crippen LogP contribution is -2.18. The van der Waals surface area contributed by atoms with E-state index in [0.717, 1.165) is 0 Å². The van der Waals surface area contributed by atoms with Crippen LogP contribution in [0, 0.1) is 6.92 Å². The zero-order valence-electron chi connectivity index (χ0n) is 8.66. The molecule has 0 fully saturated rings. The molecule has 0 saturated carbocycles. The number of aryl methyl sites for hydroxylation is 1. The molecule has 0 aliphatic heterocycles. The van der Waals surface area contributed by atoms with E-state index in [1.54, 1.807) is 6.92 Å². The third-order valence-corrected chi connectivity index (χ3v) is 2.05. The molecular weight excluding hydrogens is 210 g/mol. The molecule has 0 aliphatic carbocycles. The van der Waals surface area contributed by atoms with Gasteiger partial charge in [0, 0.05) is 0 Å². The van der Waals surface area contributed by atoms with Crippen molar-refractivity contribution >= 4 is 17.4 Å². The van der Waals surface area contributed by atoms with Crippen molar-refractivity contribution in [3.8, 4) is 0 Å². The summed E-state index contributed by atoms with van der Waals surface area (Å²) in [6.07, 6.45) is 2.94. The van der Waals surface area contributed by atoms with E-state index in [1.165, 1.54) is 21.8 Å². The summed E-state index contributed by atoms with van der Waals surface area (Å²) in [5.74, 6) is 0.00802. The lowest BCUT2D eigenvalue weighted by molar-refractivity contribution is 0.0869. The number of hydrogen-bond acceptors (Lipinski definition) is 6. The molecule has 4 N–H and O–H groups in total. The highest BCUT2D eigenvalue weighted by Gasteiger charge is 2.10. The number of rotatable bonds is 2. The van der Waals surface area contributed by atoms with Crippen LogP contribution in [0.1, 0.15) is 10.5 Å². The van der Waals surface area contributed by atoms with Gasteiger partial charge in [-0.25, -0.2) is 9.36 Å². The van der Waals surface area contributed by atoms with Crippen LogP contribution >= 0.6 is 0 Å². The first-order valence-electron chi connectivity index (χ1n) is 4.57. The number of carbonyl (C=O) groups excluding carboxylic acids is 1. The van der Waals surface area contributed by atoms with Gasteiger partial charge in [0.1, 0.15) is 6.54 Å². The zero-order valence-corrected chi connectivity index (χ0v) is 8.66. The third kappa shape index (κ3) is 1.85. The molecule has 2 aromatic rings. The van der Waals surface area contributed by atoms with Gasteiger partial charge >= 0.3 is 0 Å². The summed E-state index contributed by atoms with van der Waals surface area (Å²) < 4.78 is 2.52. The SMILES string of the molecule is Cc1nn(C(=O)Cn2cc(N)nn2)cc1N. The van der Waals surface area contributed by atoms with E-state index in [0.29, 0.717) is 11.4 Å². The van der Waals surface area contributed by atoms with Crippen LogP contribution in [-0.2, 0) is 6.54 Å². The Balaban J connectivity index is 2.14. The van der Waals surface area contributed by atoms with E-state index < -0.39 is 0 Å². The minimum atomic E-state index is -0.260. The Morgan fingerprint density at radius 3 is 2.69 bits per heavy atom. The molecule has 8 nitrogen and oxygen atoms in total. The maximum absolute atomic E-state index is 11.7.